The molecule has 4 nitrogen and oxygen atoms in total. The van der Waals surface area contributed by atoms with Crippen LogP contribution >= 0.6 is 0 Å². The van der Waals surface area contributed by atoms with E-state index in [4.69, 9.17) is 0 Å². The van der Waals surface area contributed by atoms with Crippen LogP contribution in [0.4, 0.5) is 11.5 Å². The molecular formula is C17H13N3O. The van der Waals surface area contributed by atoms with Crippen LogP contribution in [0, 0.1) is 0 Å². The molecule has 2 aromatic heterocycles. The summed E-state index contributed by atoms with van der Waals surface area (Å²) in [6, 6.07) is 15.1. The first-order valence-corrected chi connectivity index (χ1v) is 6.54. The van der Waals surface area contributed by atoms with Gasteiger partial charge >= 0.3 is 0 Å². The molecule has 0 atom stereocenters. The molecule has 0 spiro atoms. The third-order valence-corrected chi connectivity index (χ3v) is 3.05. The highest BCUT2D eigenvalue weighted by atomic mass is 16.1. The first kappa shape index (κ1) is 13.0. The summed E-state index contributed by atoms with van der Waals surface area (Å²) in [7, 11) is 0. The lowest BCUT2D eigenvalue weighted by molar-refractivity contribution is 0.112. The summed E-state index contributed by atoms with van der Waals surface area (Å²) in [5, 5.41) is 3.18. The van der Waals surface area contributed by atoms with Gasteiger partial charge in [0.1, 0.15) is 12.1 Å². The van der Waals surface area contributed by atoms with E-state index >= 15 is 0 Å². The number of nitrogens with one attached hydrogen (secondary N) is 1. The number of hydrogen-bond donors (Lipinski definition) is 1. The number of nitrogens with zero attached hydrogens (tertiary/aromatic N) is 2. The zero-order chi connectivity index (χ0) is 14.5. The Morgan fingerprint density at radius 3 is 2.62 bits per heavy atom. The van der Waals surface area contributed by atoms with Crippen LogP contribution in [0.1, 0.15) is 10.4 Å². The van der Waals surface area contributed by atoms with Crippen LogP contribution < -0.4 is 5.32 Å². The SMILES string of the molecule is O=Cc1cccc(-c2ccc(Nc3cccnc3)nc2)c1. The molecule has 3 rings (SSSR count). The minimum Gasteiger partial charge on any atom is -0.339 e. The molecule has 0 saturated heterocycles. The summed E-state index contributed by atoms with van der Waals surface area (Å²) in [5.74, 6) is 0.748. The fourth-order valence-electron chi connectivity index (χ4n) is 2.01. The highest BCUT2D eigenvalue weighted by Gasteiger charge is 2.01. The first-order chi connectivity index (χ1) is 10.3. The van der Waals surface area contributed by atoms with Crippen LogP contribution in [0.25, 0.3) is 11.1 Å². The second-order valence-corrected chi connectivity index (χ2v) is 4.54. The molecule has 0 aliphatic carbocycles. The van der Waals surface area contributed by atoms with Crippen LogP contribution in [-0.2, 0) is 0 Å². The molecule has 4 heteroatoms. The van der Waals surface area contributed by atoms with Gasteiger partial charge in [-0.15, -0.1) is 0 Å². The highest BCUT2D eigenvalue weighted by molar-refractivity contribution is 5.78. The van der Waals surface area contributed by atoms with E-state index in [1.54, 1.807) is 24.7 Å². The van der Waals surface area contributed by atoms with Crippen molar-refractivity contribution < 1.29 is 4.79 Å². The Morgan fingerprint density at radius 2 is 1.90 bits per heavy atom. The van der Waals surface area contributed by atoms with Crippen molar-refractivity contribution in [2.24, 2.45) is 0 Å². The molecule has 0 fully saturated rings. The van der Waals surface area contributed by atoms with Gasteiger partial charge in [0.15, 0.2) is 0 Å². The normalized spacial score (nSPS) is 10.1. The summed E-state index contributed by atoms with van der Waals surface area (Å²) < 4.78 is 0. The Bertz CT molecular complexity index is 739. The number of benzene rings is 1. The van der Waals surface area contributed by atoms with Gasteiger partial charge in [0, 0.05) is 23.5 Å². The van der Waals surface area contributed by atoms with Gasteiger partial charge in [-0.3, -0.25) is 9.78 Å². The predicted molar refractivity (Wildman–Crippen MR) is 82.6 cm³/mol. The lowest BCUT2D eigenvalue weighted by Crippen LogP contribution is -1.93. The fourth-order valence-corrected chi connectivity index (χ4v) is 2.01. The van der Waals surface area contributed by atoms with Gasteiger partial charge in [-0.2, -0.15) is 0 Å². The second kappa shape index (κ2) is 5.96. The summed E-state index contributed by atoms with van der Waals surface area (Å²) in [6.45, 7) is 0. The van der Waals surface area contributed by atoms with E-state index in [0.29, 0.717) is 5.56 Å². The first-order valence-electron chi connectivity index (χ1n) is 6.54. The number of aromatic nitrogens is 2. The average molecular weight is 275 g/mol. The smallest absolute Gasteiger partial charge is 0.150 e. The molecule has 0 saturated carbocycles. The van der Waals surface area contributed by atoms with E-state index in [9.17, 15) is 4.79 Å². The number of anilines is 2. The lowest BCUT2D eigenvalue weighted by Gasteiger charge is -2.06. The van der Waals surface area contributed by atoms with Crippen molar-refractivity contribution in [3.8, 4) is 11.1 Å². The summed E-state index contributed by atoms with van der Waals surface area (Å²) in [6.07, 6.45) is 6.09. The molecular weight excluding hydrogens is 262 g/mol. The zero-order valence-corrected chi connectivity index (χ0v) is 11.2. The quantitative estimate of drug-likeness (QED) is 0.738. The van der Waals surface area contributed by atoms with Crippen molar-refractivity contribution in [2.75, 3.05) is 5.32 Å². The van der Waals surface area contributed by atoms with Crippen molar-refractivity contribution in [3.63, 3.8) is 0 Å². The third kappa shape index (κ3) is 3.12. The van der Waals surface area contributed by atoms with E-state index in [2.05, 4.69) is 15.3 Å². The monoisotopic (exact) mass is 275 g/mol. The minimum absolute atomic E-state index is 0.657. The van der Waals surface area contributed by atoms with Gasteiger partial charge in [-0.25, -0.2) is 4.98 Å². The third-order valence-electron chi connectivity index (χ3n) is 3.05. The molecule has 1 N–H and O–H groups in total. The van der Waals surface area contributed by atoms with Crippen LogP contribution in [-0.4, -0.2) is 16.3 Å². The molecule has 2 heterocycles. The standard InChI is InChI=1S/C17H13N3O/c21-12-13-3-1-4-14(9-13)15-6-7-17(19-10-15)20-16-5-2-8-18-11-16/h1-12H,(H,19,20). The number of rotatable bonds is 4. The van der Waals surface area contributed by atoms with Gasteiger partial charge in [0.25, 0.3) is 0 Å². The molecule has 0 radical (unpaired) electrons. The van der Waals surface area contributed by atoms with Crippen LogP contribution in [0.5, 0.6) is 0 Å². The second-order valence-electron chi connectivity index (χ2n) is 4.54. The van der Waals surface area contributed by atoms with Gasteiger partial charge in [0.2, 0.25) is 0 Å². The zero-order valence-electron chi connectivity index (χ0n) is 11.2. The Labute approximate surface area is 122 Å². The Kier molecular flexibility index (Phi) is 3.69. The number of carbonyl (C=O) groups excluding carboxylic acids is 1. The topological polar surface area (TPSA) is 54.9 Å². The van der Waals surface area contributed by atoms with E-state index < -0.39 is 0 Å². The van der Waals surface area contributed by atoms with Gasteiger partial charge < -0.3 is 5.32 Å². The van der Waals surface area contributed by atoms with Crippen molar-refractivity contribution in [2.45, 2.75) is 0 Å². The number of hydrogen-bond acceptors (Lipinski definition) is 4. The van der Waals surface area contributed by atoms with Crippen LogP contribution in [0.2, 0.25) is 0 Å². The Hall–Kier alpha value is -3.01. The lowest BCUT2D eigenvalue weighted by atomic mass is 10.1. The summed E-state index contributed by atoms with van der Waals surface area (Å²) in [4.78, 5) is 19.2. The van der Waals surface area contributed by atoms with Crippen molar-refractivity contribution in [1.29, 1.82) is 0 Å². The van der Waals surface area contributed by atoms with E-state index in [-0.39, 0.29) is 0 Å². The van der Waals surface area contributed by atoms with Gasteiger partial charge in [0.05, 0.1) is 11.9 Å². The molecule has 0 aliphatic heterocycles. The van der Waals surface area contributed by atoms with Crippen molar-refractivity contribution in [3.05, 3.63) is 72.7 Å². The largest absolute Gasteiger partial charge is 0.339 e. The maximum atomic E-state index is 10.8. The van der Waals surface area contributed by atoms with Crippen LogP contribution in [0.3, 0.4) is 0 Å². The van der Waals surface area contributed by atoms with Gasteiger partial charge in [-0.1, -0.05) is 18.2 Å². The Balaban J connectivity index is 1.82. The predicted octanol–water partition coefficient (Wildman–Crippen LogP) is 3.70. The molecule has 3 aromatic rings. The maximum Gasteiger partial charge on any atom is 0.150 e. The maximum absolute atomic E-state index is 10.8. The van der Waals surface area contributed by atoms with Gasteiger partial charge in [-0.05, 0) is 35.9 Å². The number of aldehydes is 1. The molecule has 102 valence electrons. The fraction of sp³-hybridized carbons (Fsp3) is 0. The van der Waals surface area contributed by atoms with E-state index in [0.717, 1.165) is 28.9 Å². The Morgan fingerprint density at radius 1 is 0.952 bits per heavy atom. The molecule has 0 amide bonds. The summed E-state index contributed by atoms with van der Waals surface area (Å²) in [5.41, 5.74) is 3.49. The molecule has 21 heavy (non-hydrogen) atoms. The molecule has 0 aliphatic rings. The highest BCUT2D eigenvalue weighted by Crippen LogP contribution is 2.21. The van der Waals surface area contributed by atoms with Crippen molar-refractivity contribution in [1.82, 2.24) is 9.97 Å². The average Bonchev–Trinajstić information content (AvgIpc) is 2.56. The minimum atomic E-state index is 0.657. The van der Waals surface area contributed by atoms with E-state index in [1.165, 1.54) is 0 Å². The number of carbonyl (C=O) groups is 1. The molecule has 0 bridgehead atoms. The number of pyridine rings is 2. The summed E-state index contributed by atoms with van der Waals surface area (Å²) >= 11 is 0. The van der Waals surface area contributed by atoms with E-state index in [1.807, 2.05) is 42.5 Å². The molecule has 1 aromatic carbocycles. The van der Waals surface area contributed by atoms with Crippen LogP contribution in [0.15, 0.2) is 67.1 Å². The molecule has 0 unspecified atom stereocenters. The van der Waals surface area contributed by atoms with Crippen molar-refractivity contribution >= 4 is 17.8 Å².